The lowest BCUT2D eigenvalue weighted by Crippen LogP contribution is -2.30. The summed E-state index contributed by atoms with van der Waals surface area (Å²) in [7, 11) is 0. The van der Waals surface area contributed by atoms with Gasteiger partial charge in [0, 0.05) is 27.1 Å². The third-order valence-electron chi connectivity index (χ3n) is 8.48. The van der Waals surface area contributed by atoms with E-state index in [0.29, 0.717) is 33.8 Å². The summed E-state index contributed by atoms with van der Waals surface area (Å²) < 4.78 is 5.36. The molecule has 0 aliphatic carbocycles. The number of esters is 1. The van der Waals surface area contributed by atoms with Crippen molar-refractivity contribution >= 4 is 63.6 Å². The van der Waals surface area contributed by atoms with Crippen molar-refractivity contribution in [1.82, 2.24) is 5.32 Å². The van der Waals surface area contributed by atoms with E-state index < -0.39 is 23.0 Å². The first-order valence-electron chi connectivity index (χ1n) is 17.8. The second-order valence-electron chi connectivity index (χ2n) is 12.3. The fraction of sp³-hybridized carbons (Fsp3) is 0.111. The number of thiophene rings is 1. The number of hydrogen-bond acceptors (Lipinski definition) is 7. The monoisotopic (exact) mass is 765 g/mol. The largest absolute Gasteiger partial charge is 0.462 e. The van der Waals surface area contributed by atoms with E-state index in [1.807, 2.05) is 109 Å². The van der Waals surface area contributed by atoms with Crippen molar-refractivity contribution in [2.24, 2.45) is 0 Å². The number of benzene rings is 5. The average Bonchev–Trinajstić information content (AvgIpc) is 3.64. The first-order chi connectivity index (χ1) is 26.8. The molecule has 0 bridgehead atoms. The SMILES string of the molecule is CCOC(=O)c1c(-c2ccccc2)csc1NC(=O)C(CC)Sc1cccc(NC(=O)/C(=C\c2ccc(-c3ccccc3)cc2)NC(=O)c2ccccc2)c1. The van der Waals surface area contributed by atoms with Crippen molar-refractivity contribution < 1.29 is 23.9 Å². The van der Waals surface area contributed by atoms with Crippen molar-refractivity contribution in [1.29, 1.82) is 0 Å². The molecule has 55 heavy (non-hydrogen) atoms. The molecule has 0 radical (unpaired) electrons. The van der Waals surface area contributed by atoms with Crippen LogP contribution in [0.3, 0.4) is 0 Å². The van der Waals surface area contributed by atoms with Crippen LogP contribution in [0.5, 0.6) is 0 Å². The van der Waals surface area contributed by atoms with Gasteiger partial charge in [0.15, 0.2) is 0 Å². The first-order valence-corrected chi connectivity index (χ1v) is 19.6. The molecule has 1 aromatic heterocycles. The van der Waals surface area contributed by atoms with Gasteiger partial charge >= 0.3 is 5.97 Å². The van der Waals surface area contributed by atoms with Crippen LogP contribution in [0, 0.1) is 0 Å². The molecule has 8 nitrogen and oxygen atoms in total. The zero-order chi connectivity index (χ0) is 38.6. The van der Waals surface area contributed by atoms with Gasteiger partial charge in [0.05, 0.1) is 11.9 Å². The second-order valence-corrected chi connectivity index (χ2v) is 14.4. The van der Waals surface area contributed by atoms with Gasteiger partial charge in [-0.1, -0.05) is 116 Å². The van der Waals surface area contributed by atoms with Crippen LogP contribution in [0.15, 0.2) is 155 Å². The Hall–Kier alpha value is -6.23. The first kappa shape index (κ1) is 38.5. The molecule has 1 heterocycles. The Bertz CT molecular complexity index is 2290. The van der Waals surface area contributed by atoms with Crippen LogP contribution >= 0.6 is 23.1 Å². The van der Waals surface area contributed by atoms with Crippen LogP contribution in [0.25, 0.3) is 28.3 Å². The smallest absolute Gasteiger partial charge is 0.341 e. The summed E-state index contributed by atoms with van der Waals surface area (Å²) >= 11 is 2.62. The molecule has 1 atom stereocenters. The Morgan fingerprint density at radius 1 is 0.727 bits per heavy atom. The molecule has 0 aliphatic rings. The highest BCUT2D eigenvalue weighted by molar-refractivity contribution is 8.00. The topological polar surface area (TPSA) is 114 Å². The summed E-state index contributed by atoms with van der Waals surface area (Å²) in [5, 5.41) is 10.5. The van der Waals surface area contributed by atoms with Crippen LogP contribution < -0.4 is 16.0 Å². The number of thioether (sulfide) groups is 1. The fourth-order valence-corrected chi connectivity index (χ4v) is 7.70. The maximum atomic E-state index is 13.8. The van der Waals surface area contributed by atoms with Crippen molar-refractivity contribution in [3.05, 3.63) is 167 Å². The zero-order valence-electron chi connectivity index (χ0n) is 30.3. The van der Waals surface area contributed by atoms with E-state index in [0.717, 1.165) is 27.1 Å². The molecule has 0 saturated heterocycles. The average molecular weight is 766 g/mol. The van der Waals surface area contributed by atoms with Crippen LogP contribution in [-0.4, -0.2) is 35.5 Å². The number of nitrogens with one attached hydrogen (secondary N) is 3. The predicted molar refractivity (Wildman–Crippen MR) is 223 cm³/mol. The summed E-state index contributed by atoms with van der Waals surface area (Å²) in [6, 6.07) is 43.1. The maximum absolute atomic E-state index is 13.8. The highest BCUT2D eigenvalue weighted by atomic mass is 32.2. The molecular weight excluding hydrogens is 727 g/mol. The molecule has 0 aliphatic heterocycles. The van der Waals surface area contributed by atoms with Crippen molar-refractivity contribution in [2.45, 2.75) is 30.4 Å². The third-order valence-corrected chi connectivity index (χ3v) is 10.7. The molecule has 3 amide bonds. The summed E-state index contributed by atoms with van der Waals surface area (Å²) in [4.78, 5) is 54.5. The number of rotatable bonds is 14. The minimum absolute atomic E-state index is 0.0633. The lowest BCUT2D eigenvalue weighted by atomic mass is 10.0. The third kappa shape index (κ3) is 10.1. The van der Waals surface area contributed by atoms with Gasteiger partial charge < -0.3 is 20.7 Å². The van der Waals surface area contributed by atoms with Gasteiger partial charge in [-0.3, -0.25) is 14.4 Å². The fourth-order valence-electron chi connectivity index (χ4n) is 5.72. The minimum Gasteiger partial charge on any atom is -0.462 e. The Morgan fingerprint density at radius 2 is 1.36 bits per heavy atom. The van der Waals surface area contributed by atoms with E-state index in [1.165, 1.54) is 23.1 Å². The molecule has 5 aromatic carbocycles. The summed E-state index contributed by atoms with van der Waals surface area (Å²) in [6.45, 7) is 3.86. The normalized spacial score (nSPS) is 11.6. The van der Waals surface area contributed by atoms with Crippen molar-refractivity contribution in [3.8, 4) is 22.3 Å². The van der Waals surface area contributed by atoms with Crippen LogP contribution in [0.1, 0.15) is 46.5 Å². The highest BCUT2D eigenvalue weighted by Gasteiger charge is 2.26. The molecule has 10 heteroatoms. The molecule has 1 unspecified atom stereocenters. The van der Waals surface area contributed by atoms with Crippen LogP contribution in [0.2, 0.25) is 0 Å². The lowest BCUT2D eigenvalue weighted by Gasteiger charge is -2.16. The van der Waals surface area contributed by atoms with E-state index in [2.05, 4.69) is 16.0 Å². The number of ether oxygens (including phenoxy) is 1. The Balaban J connectivity index is 1.19. The van der Waals surface area contributed by atoms with Crippen LogP contribution in [0.4, 0.5) is 10.7 Å². The van der Waals surface area contributed by atoms with Crippen molar-refractivity contribution in [3.63, 3.8) is 0 Å². The second kappa shape index (κ2) is 18.7. The molecular formula is C45H39N3O5S2. The molecule has 0 saturated carbocycles. The molecule has 6 rings (SSSR count). The number of amides is 3. The lowest BCUT2D eigenvalue weighted by molar-refractivity contribution is -0.116. The Kier molecular flexibility index (Phi) is 13.1. The van der Waals surface area contributed by atoms with Gasteiger partial charge in [-0.05, 0) is 72.0 Å². The molecule has 276 valence electrons. The van der Waals surface area contributed by atoms with Gasteiger partial charge in [-0.25, -0.2) is 4.79 Å². The molecule has 3 N–H and O–H groups in total. The highest BCUT2D eigenvalue weighted by Crippen LogP contribution is 2.37. The summed E-state index contributed by atoms with van der Waals surface area (Å²) in [6.07, 6.45) is 2.14. The summed E-state index contributed by atoms with van der Waals surface area (Å²) in [5.41, 5.74) is 5.65. The van der Waals surface area contributed by atoms with Gasteiger partial charge in [-0.2, -0.15) is 0 Å². The van der Waals surface area contributed by atoms with E-state index in [4.69, 9.17) is 4.74 Å². The number of carbonyl (C=O) groups is 4. The van der Waals surface area contributed by atoms with Crippen LogP contribution in [-0.2, 0) is 14.3 Å². The number of hydrogen-bond donors (Lipinski definition) is 3. The molecule has 0 fully saturated rings. The van der Waals surface area contributed by atoms with E-state index in [-0.39, 0.29) is 18.2 Å². The van der Waals surface area contributed by atoms with Gasteiger partial charge in [0.25, 0.3) is 11.8 Å². The maximum Gasteiger partial charge on any atom is 0.341 e. The number of carbonyl (C=O) groups excluding carboxylic acids is 4. The molecule has 6 aromatic rings. The van der Waals surface area contributed by atoms with Crippen molar-refractivity contribution in [2.75, 3.05) is 17.2 Å². The van der Waals surface area contributed by atoms with E-state index >= 15 is 0 Å². The van der Waals surface area contributed by atoms with Gasteiger partial charge in [-0.15, -0.1) is 23.1 Å². The van der Waals surface area contributed by atoms with Gasteiger partial charge in [0.1, 0.15) is 16.3 Å². The van der Waals surface area contributed by atoms with E-state index in [9.17, 15) is 19.2 Å². The zero-order valence-corrected chi connectivity index (χ0v) is 31.9. The van der Waals surface area contributed by atoms with E-state index in [1.54, 1.807) is 55.5 Å². The summed E-state index contributed by atoms with van der Waals surface area (Å²) in [5.74, 6) is -1.70. The molecule has 0 spiro atoms. The Labute approximate surface area is 328 Å². The van der Waals surface area contributed by atoms with Gasteiger partial charge in [0.2, 0.25) is 5.91 Å². The number of anilines is 2. The quantitative estimate of drug-likeness (QED) is 0.0578. The standard InChI is InChI=1S/C45H39N3O5S2/c1-3-39(43(51)48-44-40(45(52)53-4-2)37(29-54-44)33-17-10-6-11-18-33)55-36-22-14-21-35(28-36)46-42(50)38(47-41(49)34-19-12-7-13-20-34)27-30-23-25-32(26-24-30)31-15-8-5-9-16-31/h5-29,39H,3-4H2,1-2H3,(H,46,50)(H,47,49)(H,48,51)/b38-27+. The predicted octanol–water partition coefficient (Wildman–Crippen LogP) is 10.2. The minimum atomic E-state index is -0.512. The Morgan fingerprint density at radius 3 is 2.02 bits per heavy atom.